The predicted molar refractivity (Wildman–Crippen MR) is 64.7 cm³/mol. The van der Waals surface area contributed by atoms with Gasteiger partial charge in [-0.05, 0) is 17.7 Å². The van der Waals surface area contributed by atoms with E-state index in [0.29, 0.717) is 16.3 Å². The van der Waals surface area contributed by atoms with Crippen LogP contribution in [0.4, 0.5) is 4.39 Å². The highest BCUT2D eigenvalue weighted by molar-refractivity contribution is 6.30. The zero-order chi connectivity index (χ0) is 13.0. The molecular weight excluding hydrogens is 255 g/mol. The fourth-order valence-electron chi connectivity index (χ4n) is 1.39. The number of hydrogen-bond donors (Lipinski definition) is 0. The highest BCUT2D eigenvalue weighted by atomic mass is 35.5. The van der Waals surface area contributed by atoms with Crippen molar-refractivity contribution in [2.75, 3.05) is 0 Å². The Morgan fingerprint density at radius 3 is 2.89 bits per heavy atom. The summed E-state index contributed by atoms with van der Waals surface area (Å²) in [5, 5.41) is 9.18. The quantitative estimate of drug-likeness (QED) is 0.852. The van der Waals surface area contributed by atoms with E-state index in [4.69, 9.17) is 21.6 Å². The number of aromatic nitrogens is 1. The van der Waals surface area contributed by atoms with E-state index in [1.54, 1.807) is 18.2 Å². The van der Waals surface area contributed by atoms with Gasteiger partial charge in [0, 0.05) is 12.3 Å². The van der Waals surface area contributed by atoms with E-state index in [1.807, 2.05) is 0 Å². The molecule has 0 unspecified atom stereocenters. The molecule has 3 nitrogen and oxygen atoms in total. The first-order chi connectivity index (χ1) is 8.69. The fraction of sp³-hybridized carbons (Fsp3) is 0.0769. The number of nitriles is 1. The zero-order valence-corrected chi connectivity index (χ0v) is 9.99. The van der Waals surface area contributed by atoms with Crippen LogP contribution in [0.1, 0.15) is 11.1 Å². The van der Waals surface area contributed by atoms with Gasteiger partial charge >= 0.3 is 0 Å². The van der Waals surface area contributed by atoms with Crippen LogP contribution >= 0.6 is 11.6 Å². The summed E-state index contributed by atoms with van der Waals surface area (Å²) in [6, 6.07) is 7.67. The van der Waals surface area contributed by atoms with Crippen LogP contribution in [-0.2, 0) is 6.61 Å². The van der Waals surface area contributed by atoms with Crippen molar-refractivity contribution in [1.29, 1.82) is 5.26 Å². The number of rotatable bonds is 3. The van der Waals surface area contributed by atoms with Crippen LogP contribution in [0.15, 0.2) is 36.7 Å². The number of ether oxygens (including phenoxy) is 1. The summed E-state index contributed by atoms with van der Waals surface area (Å²) in [6.07, 6.45) is 3.03. The first-order valence-electron chi connectivity index (χ1n) is 5.11. The largest absolute Gasteiger partial charge is 0.487 e. The molecule has 5 heteroatoms. The summed E-state index contributed by atoms with van der Waals surface area (Å²) in [7, 11) is 0. The average molecular weight is 263 g/mol. The highest BCUT2D eigenvalue weighted by Crippen LogP contribution is 2.17. The van der Waals surface area contributed by atoms with Crippen molar-refractivity contribution in [3.05, 3.63) is 58.6 Å². The Labute approximate surface area is 108 Å². The Morgan fingerprint density at radius 1 is 1.33 bits per heavy atom. The molecular formula is C13H8ClFN2O. The first kappa shape index (κ1) is 12.3. The molecule has 0 atom stereocenters. The minimum absolute atomic E-state index is 0.000295. The van der Waals surface area contributed by atoms with Crippen LogP contribution in [0, 0.1) is 17.1 Å². The SMILES string of the molecule is N#Cc1cc(COc2cncc(Cl)c2)ccc1F. The van der Waals surface area contributed by atoms with Gasteiger partial charge in [0.2, 0.25) is 0 Å². The second kappa shape index (κ2) is 5.48. The molecule has 1 heterocycles. The molecule has 0 saturated carbocycles. The van der Waals surface area contributed by atoms with E-state index < -0.39 is 5.82 Å². The van der Waals surface area contributed by atoms with E-state index in [9.17, 15) is 4.39 Å². The molecule has 2 aromatic rings. The van der Waals surface area contributed by atoms with Crippen LogP contribution in [0.3, 0.4) is 0 Å². The third-order valence-corrected chi connectivity index (χ3v) is 2.44. The Hall–Kier alpha value is -2.12. The Balaban J connectivity index is 2.09. The Bertz CT molecular complexity index is 610. The van der Waals surface area contributed by atoms with Crippen LogP contribution in [-0.4, -0.2) is 4.98 Å². The molecule has 0 spiro atoms. The first-order valence-corrected chi connectivity index (χ1v) is 5.49. The molecule has 1 aromatic heterocycles. The maximum absolute atomic E-state index is 13.1. The van der Waals surface area contributed by atoms with Gasteiger partial charge in [-0.1, -0.05) is 17.7 Å². The second-order valence-corrected chi connectivity index (χ2v) is 3.99. The summed E-state index contributed by atoms with van der Waals surface area (Å²) in [4.78, 5) is 3.88. The van der Waals surface area contributed by atoms with Crippen molar-refractivity contribution in [1.82, 2.24) is 4.98 Å². The normalized spacial score (nSPS) is 9.83. The van der Waals surface area contributed by atoms with Crippen LogP contribution in [0.25, 0.3) is 0 Å². The summed E-state index contributed by atoms with van der Waals surface area (Å²) >= 11 is 5.76. The molecule has 0 aliphatic rings. The van der Waals surface area contributed by atoms with E-state index >= 15 is 0 Å². The summed E-state index contributed by atoms with van der Waals surface area (Å²) in [5.74, 6) is -0.0176. The van der Waals surface area contributed by atoms with E-state index in [1.165, 1.54) is 24.5 Å². The number of benzene rings is 1. The standard InChI is InChI=1S/C13H8ClFN2O/c14-11-4-12(7-17-6-11)18-8-9-1-2-13(15)10(3-9)5-16/h1-4,6-7H,8H2. The summed E-state index contributed by atoms with van der Waals surface area (Å²) in [6.45, 7) is 0.219. The van der Waals surface area contributed by atoms with Crippen molar-refractivity contribution < 1.29 is 9.13 Å². The van der Waals surface area contributed by atoms with E-state index in [2.05, 4.69) is 4.98 Å². The molecule has 0 bridgehead atoms. The molecule has 0 amide bonds. The van der Waals surface area contributed by atoms with Crippen molar-refractivity contribution in [2.24, 2.45) is 0 Å². The van der Waals surface area contributed by atoms with E-state index in [0.717, 1.165) is 0 Å². The van der Waals surface area contributed by atoms with Crippen LogP contribution in [0.5, 0.6) is 5.75 Å². The third-order valence-electron chi connectivity index (χ3n) is 2.24. The van der Waals surface area contributed by atoms with Crippen LogP contribution < -0.4 is 4.74 Å². The number of hydrogen-bond acceptors (Lipinski definition) is 3. The maximum Gasteiger partial charge on any atom is 0.140 e. The smallest absolute Gasteiger partial charge is 0.140 e. The monoisotopic (exact) mass is 262 g/mol. The topological polar surface area (TPSA) is 45.9 Å². The van der Waals surface area contributed by atoms with Gasteiger partial charge in [-0.3, -0.25) is 4.98 Å². The van der Waals surface area contributed by atoms with Gasteiger partial charge in [0.05, 0.1) is 16.8 Å². The second-order valence-electron chi connectivity index (χ2n) is 3.55. The van der Waals surface area contributed by atoms with Crippen molar-refractivity contribution in [2.45, 2.75) is 6.61 Å². The lowest BCUT2D eigenvalue weighted by atomic mass is 10.1. The highest BCUT2D eigenvalue weighted by Gasteiger charge is 2.03. The van der Waals surface area contributed by atoms with E-state index in [-0.39, 0.29) is 12.2 Å². The van der Waals surface area contributed by atoms with Gasteiger partial charge in [0.15, 0.2) is 0 Å². The summed E-state index contributed by atoms with van der Waals surface area (Å²) < 4.78 is 18.5. The lowest BCUT2D eigenvalue weighted by Crippen LogP contribution is -1.97. The molecule has 18 heavy (non-hydrogen) atoms. The summed E-state index contributed by atoms with van der Waals surface area (Å²) in [5.41, 5.74) is 0.702. The predicted octanol–water partition coefficient (Wildman–Crippen LogP) is 3.32. The minimum atomic E-state index is -0.536. The maximum atomic E-state index is 13.1. The fourth-order valence-corrected chi connectivity index (χ4v) is 1.55. The average Bonchev–Trinajstić information content (AvgIpc) is 2.38. The van der Waals surface area contributed by atoms with Gasteiger partial charge in [-0.15, -0.1) is 0 Å². The molecule has 90 valence electrons. The third kappa shape index (κ3) is 2.96. The van der Waals surface area contributed by atoms with Crippen LogP contribution in [0.2, 0.25) is 5.02 Å². The number of halogens is 2. The van der Waals surface area contributed by atoms with Gasteiger partial charge in [-0.2, -0.15) is 5.26 Å². The van der Waals surface area contributed by atoms with Crippen molar-refractivity contribution in [3.8, 4) is 11.8 Å². The van der Waals surface area contributed by atoms with Gasteiger partial charge in [-0.25, -0.2) is 4.39 Å². The molecule has 0 aliphatic heterocycles. The Morgan fingerprint density at radius 2 is 2.17 bits per heavy atom. The molecule has 0 saturated heterocycles. The van der Waals surface area contributed by atoms with Gasteiger partial charge < -0.3 is 4.74 Å². The molecule has 2 rings (SSSR count). The molecule has 0 fully saturated rings. The zero-order valence-electron chi connectivity index (χ0n) is 9.23. The van der Waals surface area contributed by atoms with Crippen molar-refractivity contribution in [3.63, 3.8) is 0 Å². The number of pyridine rings is 1. The minimum Gasteiger partial charge on any atom is -0.487 e. The molecule has 1 aromatic carbocycles. The lowest BCUT2D eigenvalue weighted by molar-refractivity contribution is 0.305. The molecule has 0 aliphatic carbocycles. The van der Waals surface area contributed by atoms with Crippen molar-refractivity contribution >= 4 is 11.6 Å². The van der Waals surface area contributed by atoms with Gasteiger partial charge in [0.25, 0.3) is 0 Å². The molecule has 0 N–H and O–H groups in total. The molecule has 0 radical (unpaired) electrons. The number of nitrogens with zero attached hydrogens (tertiary/aromatic N) is 2. The van der Waals surface area contributed by atoms with Gasteiger partial charge in [0.1, 0.15) is 24.2 Å². The lowest BCUT2D eigenvalue weighted by Gasteiger charge is -2.06. The Kier molecular flexibility index (Phi) is 3.75.